The van der Waals surface area contributed by atoms with Crippen molar-refractivity contribution in [2.75, 3.05) is 13.2 Å². The standard InChI is InChI=1S/C25H38O4/c1-2-3-4-5-6-7-8-9-10-11-12-13-14-15-16-17-18-19-20-21-25(28)29-23-24(27)22-26/h3-4,6-7,9-10,12-13,15-16,18-19,24,26-27H,2,5,8,11,14,17,20-23H2,1H3/t24-/m0/s1. The van der Waals surface area contributed by atoms with Crippen LogP contribution in [0, 0.1) is 0 Å². The molecule has 0 saturated heterocycles. The molecule has 29 heavy (non-hydrogen) atoms. The van der Waals surface area contributed by atoms with Crippen molar-refractivity contribution >= 4 is 5.97 Å². The summed E-state index contributed by atoms with van der Waals surface area (Å²) in [4.78, 5) is 11.4. The Balaban J connectivity index is 3.58. The van der Waals surface area contributed by atoms with Crippen LogP contribution in [0.3, 0.4) is 0 Å². The zero-order valence-electron chi connectivity index (χ0n) is 17.8. The van der Waals surface area contributed by atoms with Crippen molar-refractivity contribution < 1.29 is 19.7 Å². The number of hydrogen-bond donors (Lipinski definition) is 2. The summed E-state index contributed by atoms with van der Waals surface area (Å²) in [5, 5.41) is 17.7. The van der Waals surface area contributed by atoms with Gasteiger partial charge in [0.05, 0.1) is 6.61 Å². The Morgan fingerprint density at radius 1 is 0.759 bits per heavy atom. The van der Waals surface area contributed by atoms with Gasteiger partial charge in [0, 0.05) is 6.42 Å². The molecule has 0 aliphatic rings. The maximum atomic E-state index is 11.4. The molecule has 0 bridgehead atoms. The Kier molecular flexibility index (Phi) is 20.5. The van der Waals surface area contributed by atoms with Gasteiger partial charge in [-0.3, -0.25) is 4.79 Å². The van der Waals surface area contributed by atoms with Crippen LogP contribution in [0.2, 0.25) is 0 Å². The molecule has 0 unspecified atom stereocenters. The smallest absolute Gasteiger partial charge is 0.306 e. The number of carbonyl (C=O) groups excluding carboxylic acids is 1. The largest absolute Gasteiger partial charge is 0.463 e. The minimum absolute atomic E-state index is 0.154. The van der Waals surface area contributed by atoms with E-state index in [9.17, 15) is 4.79 Å². The molecule has 4 heteroatoms. The van der Waals surface area contributed by atoms with Gasteiger partial charge in [0.1, 0.15) is 12.7 Å². The highest BCUT2D eigenvalue weighted by Gasteiger charge is 2.06. The van der Waals surface area contributed by atoms with Crippen LogP contribution in [0.5, 0.6) is 0 Å². The summed E-state index contributed by atoms with van der Waals surface area (Å²) in [6.45, 7) is 1.59. The van der Waals surface area contributed by atoms with Crippen LogP contribution in [0.4, 0.5) is 0 Å². The Labute approximate surface area is 176 Å². The highest BCUT2D eigenvalue weighted by molar-refractivity contribution is 5.69. The van der Waals surface area contributed by atoms with E-state index in [1.807, 2.05) is 12.2 Å². The van der Waals surface area contributed by atoms with Gasteiger partial charge in [-0.25, -0.2) is 0 Å². The molecule has 0 aromatic rings. The first kappa shape index (κ1) is 26.8. The summed E-state index contributed by atoms with van der Waals surface area (Å²) in [5.74, 6) is -0.364. The first-order valence-electron chi connectivity index (χ1n) is 10.5. The lowest BCUT2D eigenvalue weighted by atomic mass is 10.2. The molecule has 0 saturated carbocycles. The minimum atomic E-state index is -0.996. The number of aliphatic hydroxyl groups is 2. The third-order valence-electron chi connectivity index (χ3n) is 3.76. The van der Waals surface area contributed by atoms with E-state index < -0.39 is 12.7 Å². The summed E-state index contributed by atoms with van der Waals surface area (Å²) in [5.41, 5.74) is 0. The van der Waals surface area contributed by atoms with Crippen molar-refractivity contribution in [3.05, 3.63) is 72.9 Å². The van der Waals surface area contributed by atoms with E-state index in [0.29, 0.717) is 6.42 Å². The summed E-state index contributed by atoms with van der Waals surface area (Å²) in [7, 11) is 0. The van der Waals surface area contributed by atoms with E-state index >= 15 is 0 Å². The molecule has 0 fully saturated rings. The monoisotopic (exact) mass is 402 g/mol. The SMILES string of the molecule is CCC=CCC=CCC=CCC=CCC=CCC=CCCC(=O)OC[C@@H](O)CO. The summed E-state index contributed by atoms with van der Waals surface area (Å²) in [6, 6.07) is 0. The molecule has 0 rings (SSSR count). The molecule has 1 atom stereocenters. The van der Waals surface area contributed by atoms with Gasteiger partial charge in [0.15, 0.2) is 0 Å². The molecule has 0 aromatic carbocycles. The second-order valence-corrected chi connectivity index (χ2v) is 6.47. The number of aliphatic hydroxyl groups excluding tert-OH is 2. The molecular formula is C25H38O4. The lowest BCUT2D eigenvalue weighted by Crippen LogP contribution is -2.21. The van der Waals surface area contributed by atoms with Gasteiger partial charge in [0.25, 0.3) is 0 Å². The highest BCUT2D eigenvalue weighted by atomic mass is 16.5. The summed E-state index contributed by atoms with van der Waals surface area (Å²) in [6.07, 6.45) is 31.4. The Hall–Kier alpha value is -2.17. The molecule has 0 aliphatic carbocycles. The number of allylic oxidation sites excluding steroid dienone is 12. The van der Waals surface area contributed by atoms with Crippen molar-refractivity contribution in [2.45, 2.75) is 64.4 Å². The predicted molar refractivity (Wildman–Crippen MR) is 122 cm³/mol. The van der Waals surface area contributed by atoms with Gasteiger partial charge in [0.2, 0.25) is 0 Å². The molecule has 0 heterocycles. The van der Waals surface area contributed by atoms with Gasteiger partial charge in [-0.1, -0.05) is 79.8 Å². The predicted octanol–water partition coefficient (Wildman–Crippen LogP) is 5.36. The first-order valence-corrected chi connectivity index (χ1v) is 10.5. The normalized spacial score (nSPS) is 13.9. The maximum Gasteiger partial charge on any atom is 0.306 e. The van der Waals surface area contributed by atoms with Gasteiger partial charge in [-0.2, -0.15) is 0 Å². The maximum absolute atomic E-state index is 11.4. The van der Waals surface area contributed by atoms with Crippen LogP contribution in [0.15, 0.2) is 72.9 Å². The third kappa shape index (κ3) is 22.0. The van der Waals surface area contributed by atoms with Crippen molar-refractivity contribution in [3.63, 3.8) is 0 Å². The van der Waals surface area contributed by atoms with Crippen LogP contribution in [0.25, 0.3) is 0 Å². The Morgan fingerprint density at radius 2 is 1.17 bits per heavy atom. The van der Waals surface area contributed by atoms with E-state index in [2.05, 4.69) is 67.7 Å². The second kappa shape index (κ2) is 22.1. The summed E-state index contributed by atoms with van der Waals surface area (Å²) >= 11 is 0. The topological polar surface area (TPSA) is 66.8 Å². The number of hydrogen-bond acceptors (Lipinski definition) is 4. The minimum Gasteiger partial charge on any atom is -0.463 e. The van der Waals surface area contributed by atoms with E-state index in [4.69, 9.17) is 14.9 Å². The van der Waals surface area contributed by atoms with Crippen molar-refractivity contribution in [2.24, 2.45) is 0 Å². The quantitative estimate of drug-likeness (QED) is 0.254. The van der Waals surface area contributed by atoms with Crippen LogP contribution >= 0.6 is 0 Å². The lowest BCUT2D eigenvalue weighted by Gasteiger charge is -2.07. The van der Waals surface area contributed by atoms with Crippen LogP contribution < -0.4 is 0 Å². The average molecular weight is 403 g/mol. The van der Waals surface area contributed by atoms with Crippen molar-refractivity contribution in [3.8, 4) is 0 Å². The zero-order valence-corrected chi connectivity index (χ0v) is 17.8. The molecule has 0 radical (unpaired) electrons. The summed E-state index contributed by atoms with van der Waals surface area (Å²) < 4.78 is 4.82. The molecule has 2 N–H and O–H groups in total. The molecule has 0 amide bonds. The fraction of sp³-hybridized carbons (Fsp3) is 0.480. The third-order valence-corrected chi connectivity index (χ3v) is 3.76. The van der Waals surface area contributed by atoms with Gasteiger partial charge in [-0.15, -0.1) is 0 Å². The van der Waals surface area contributed by atoms with Crippen LogP contribution in [-0.2, 0) is 9.53 Å². The fourth-order valence-corrected chi connectivity index (χ4v) is 2.15. The lowest BCUT2D eigenvalue weighted by molar-refractivity contribution is -0.147. The van der Waals surface area contributed by atoms with E-state index in [1.54, 1.807) is 0 Å². The van der Waals surface area contributed by atoms with Crippen LogP contribution in [0.1, 0.15) is 58.3 Å². The van der Waals surface area contributed by atoms with Gasteiger partial charge < -0.3 is 14.9 Å². The fourth-order valence-electron chi connectivity index (χ4n) is 2.15. The second-order valence-electron chi connectivity index (χ2n) is 6.47. The molecule has 0 aromatic heterocycles. The van der Waals surface area contributed by atoms with Crippen LogP contribution in [-0.4, -0.2) is 35.5 Å². The Bertz CT molecular complexity index is 553. The number of ether oxygens (including phenoxy) is 1. The Morgan fingerprint density at radius 3 is 1.59 bits per heavy atom. The molecule has 0 spiro atoms. The van der Waals surface area contributed by atoms with Gasteiger partial charge >= 0.3 is 5.97 Å². The number of esters is 1. The zero-order chi connectivity index (χ0) is 21.4. The number of rotatable bonds is 17. The number of carbonyl (C=O) groups is 1. The van der Waals surface area contributed by atoms with Crippen molar-refractivity contribution in [1.29, 1.82) is 0 Å². The van der Waals surface area contributed by atoms with Gasteiger partial charge in [-0.05, 0) is 44.9 Å². The van der Waals surface area contributed by atoms with E-state index in [-0.39, 0.29) is 19.0 Å². The van der Waals surface area contributed by atoms with E-state index in [0.717, 1.165) is 38.5 Å². The molecule has 162 valence electrons. The first-order chi connectivity index (χ1) is 14.2. The molecular weight excluding hydrogens is 364 g/mol. The van der Waals surface area contributed by atoms with Crippen molar-refractivity contribution in [1.82, 2.24) is 0 Å². The molecule has 4 nitrogen and oxygen atoms in total. The van der Waals surface area contributed by atoms with E-state index in [1.165, 1.54) is 0 Å². The average Bonchev–Trinajstić information content (AvgIpc) is 2.73. The highest BCUT2D eigenvalue weighted by Crippen LogP contribution is 1.99. The molecule has 0 aliphatic heterocycles.